The summed E-state index contributed by atoms with van der Waals surface area (Å²) in [6.07, 6.45) is 0.471. The van der Waals surface area contributed by atoms with E-state index in [-0.39, 0.29) is 29.2 Å². The number of rotatable bonds is 5. The normalized spacial score (nSPS) is 19.0. The number of carbonyl (C=O) groups excluding carboxylic acids is 1. The second-order valence-corrected chi connectivity index (χ2v) is 9.24. The van der Waals surface area contributed by atoms with E-state index in [4.69, 9.17) is 0 Å². The van der Waals surface area contributed by atoms with Crippen molar-refractivity contribution in [1.29, 1.82) is 0 Å². The van der Waals surface area contributed by atoms with Gasteiger partial charge in [-0.15, -0.1) is 5.10 Å². The Morgan fingerprint density at radius 2 is 2.08 bits per heavy atom. The topological polar surface area (TPSA) is 107 Å². The fraction of sp³-hybridized carbons (Fsp3) is 0.467. The molecule has 3 rings (SSSR count). The Kier molecular flexibility index (Phi) is 5.09. The van der Waals surface area contributed by atoms with Crippen molar-refractivity contribution < 1.29 is 13.2 Å². The van der Waals surface area contributed by atoms with Crippen molar-refractivity contribution in [2.24, 2.45) is 0 Å². The molecule has 1 saturated heterocycles. The summed E-state index contributed by atoms with van der Waals surface area (Å²) in [7, 11) is -3.01. The minimum Gasteiger partial charge on any atom is -0.352 e. The van der Waals surface area contributed by atoms with E-state index in [0.29, 0.717) is 11.6 Å². The van der Waals surface area contributed by atoms with Gasteiger partial charge in [-0.2, -0.15) is 4.68 Å². The van der Waals surface area contributed by atoms with Gasteiger partial charge in [0.05, 0.1) is 22.9 Å². The molecule has 10 heteroatoms. The number of nitrogens with one attached hydrogen (secondary N) is 1. The van der Waals surface area contributed by atoms with Crippen molar-refractivity contribution in [3.63, 3.8) is 0 Å². The van der Waals surface area contributed by atoms with Crippen LogP contribution in [-0.4, -0.2) is 57.8 Å². The van der Waals surface area contributed by atoms with E-state index >= 15 is 0 Å². The van der Waals surface area contributed by atoms with Crippen molar-refractivity contribution in [1.82, 2.24) is 25.5 Å². The molecule has 1 atom stereocenters. The van der Waals surface area contributed by atoms with Crippen molar-refractivity contribution >= 4 is 27.5 Å². The fourth-order valence-electron chi connectivity index (χ4n) is 2.86. The number of hydrogen-bond donors (Lipinski definition) is 1. The van der Waals surface area contributed by atoms with Gasteiger partial charge in [-0.3, -0.25) is 4.79 Å². The van der Waals surface area contributed by atoms with Crippen LogP contribution in [0.3, 0.4) is 0 Å². The van der Waals surface area contributed by atoms with E-state index in [0.717, 1.165) is 16.8 Å². The van der Waals surface area contributed by atoms with Crippen molar-refractivity contribution in [2.45, 2.75) is 31.5 Å². The number of aryl methyl sites for hydroxylation is 2. The van der Waals surface area contributed by atoms with Crippen LogP contribution in [0.25, 0.3) is 5.69 Å². The van der Waals surface area contributed by atoms with Gasteiger partial charge in [0, 0.05) is 6.04 Å². The van der Waals surface area contributed by atoms with E-state index in [9.17, 15) is 13.2 Å². The van der Waals surface area contributed by atoms with Gasteiger partial charge >= 0.3 is 0 Å². The molecule has 0 spiro atoms. The third kappa shape index (κ3) is 4.18. The monoisotopic (exact) mass is 381 g/mol. The Hall–Kier alpha value is -1.94. The van der Waals surface area contributed by atoms with Gasteiger partial charge in [0.1, 0.15) is 0 Å². The van der Waals surface area contributed by atoms with Gasteiger partial charge in [0.15, 0.2) is 9.84 Å². The Morgan fingerprint density at radius 1 is 1.36 bits per heavy atom. The first-order chi connectivity index (χ1) is 11.9. The number of sulfone groups is 1. The lowest BCUT2D eigenvalue weighted by Crippen LogP contribution is -2.36. The summed E-state index contributed by atoms with van der Waals surface area (Å²) >= 11 is 1.22. The summed E-state index contributed by atoms with van der Waals surface area (Å²) in [5.74, 6) is 0.0598. The molecule has 1 aromatic heterocycles. The number of benzene rings is 1. The molecule has 8 nitrogen and oxygen atoms in total. The highest BCUT2D eigenvalue weighted by atomic mass is 32.2. The Labute approximate surface area is 150 Å². The minimum atomic E-state index is -3.01. The van der Waals surface area contributed by atoms with Crippen LogP contribution in [0.2, 0.25) is 0 Å². The first-order valence-electron chi connectivity index (χ1n) is 7.83. The summed E-state index contributed by atoms with van der Waals surface area (Å²) < 4.78 is 24.5. The van der Waals surface area contributed by atoms with Gasteiger partial charge in [-0.1, -0.05) is 30.0 Å². The van der Waals surface area contributed by atoms with Gasteiger partial charge in [-0.05, 0) is 41.8 Å². The third-order valence-corrected chi connectivity index (χ3v) is 6.71. The largest absolute Gasteiger partial charge is 0.352 e. The average Bonchev–Trinajstić information content (AvgIpc) is 3.11. The lowest BCUT2D eigenvalue weighted by atomic mass is 10.1. The highest BCUT2D eigenvalue weighted by Crippen LogP contribution is 2.23. The first kappa shape index (κ1) is 17.9. The van der Waals surface area contributed by atoms with Crippen LogP contribution in [-0.2, 0) is 14.6 Å². The summed E-state index contributed by atoms with van der Waals surface area (Å²) in [4.78, 5) is 12.1. The van der Waals surface area contributed by atoms with Crippen molar-refractivity contribution in [2.75, 3.05) is 17.3 Å². The molecule has 25 heavy (non-hydrogen) atoms. The molecule has 1 aromatic carbocycles. The molecule has 0 saturated carbocycles. The smallest absolute Gasteiger partial charge is 0.230 e. The Morgan fingerprint density at radius 3 is 2.72 bits per heavy atom. The van der Waals surface area contributed by atoms with Gasteiger partial charge < -0.3 is 5.32 Å². The maximum Gasteiger partial charge on any atom is 0.230 e. The van der Waals surface area contributed by atoms with E-state index in [1.54, 1.807) is 4.68 Å². The molecule has 1 fully saturated rings. The summed E-state index contributed by atoms with van der Waals surface area (Å²) in [5.41, 5.74) is 2.97. The zero-order chi connectivity index (χ0) is 18.0. The fourth-order valence-corrected chi connectivity index (χ4v) is 5.22. The lowest BCUT2D eigenvalue weighted by Gasteiger charge is -2.12. The molecular weight excluding hydrogens is 362 g/mol. The average molecular weight is 381 g/mol. The van der Waals surface area contributed by atoms with Crippen LogP contribution < -0.4 is 5.32 Å². The molecule has 0 bridgehead atoms. The van der Waals surface area contributed by atoms with Gasteiger partial charge in [-0.25, -0.2) is 8.42 Å². The molecule has 0 aliphatic carbocycles. The maximum absolute atomic E-state index is 12.1. The molecule has 1 aliphatic heterocycles. The molecule has 1 amide bonds. The van der Waals surface area contributed by atoms with Crippen molar-refractivity contribution in [3.8, 4) is 5.69 Å². The number of aromatic nitrogens is 4. The number of amides is 1. The number of nitrogens with zero attached hydrogens (tertiary/aromatic N) is 4. The van der Waals surface area contributed by atoms with E-state index in [1.165, 1.54) is 11.8 Å². The molecule has 1 N–H and O–H groups in total. The van der Waals surface area contributed by atoms with Crippen molar-refractivity contribution in [3.05, 3.63) is 29.3 Å². The standard InChI is InChI=1S/C15H19N5O3S2/c1-10-4-3-5-11(2)14(10)20-15(17-18-19-20)24-8-13(21)16-12-6-7-25(22,23)9-12/h3-5,12H,6-9H2,1-2H3,(H,16,21)/t12-/m1/s1. The lowest BCUT2D eigenvalue weighted by molar-refractivity contribution is -0.119. The predicted octanol–water partition coefficient (Wildman–Crippen LogP) is 0.675. The van der Waals surface area contributed by atoms with E-state index in [2.05, 4.69) is 20.8 Å². The van der Waals surface area contributed by atoms with Crippen LogP contribution in [0.15, 0.2) is 23.4 Å². The number of para-hydroxylation sites is 1. The molecule has 2 heterocycles. The highest BCUT2D eigenvalue weighted by Gasteiger charge is 2.29. The summed E-state index contributed by atoms with van der Waals surface area (Å²) in [6.45, 7) is 3.96. The second kappa shape index (κ2) is 7.12. The van der Waals surface area contributed by atoms with E-state index < -0.39 is 9.84 Å². The van der Waals surface area contributed by atoms with Crippen LogP contribution in [0.5, 0.6) is 0 Å². The molecular formula is C15H19N5O3S2. The summed E-state index contributed by atoms with van der Waals surface area (Å²) in [5, 5.41) is 15.0. The molecule has 134 valence electrons. The quantitative estimate of drug-likeness (QED) is 0.759. The zero-order valence-corrected chi connectivity index (χ0v) is 15.6. The van der Waals surface area contributed by atoms with Crippen LogP contribution in [0, 0.1) is 13.8 Å². The highest BCUT2D eigenvalue weighted by molar-refractivity contribution is 7.99. The number of tetrazole rings is 1. The number of thioether (sulfide) groups is 1. The second-order valence-electron chi connectivity index (χ2n) is 6.07. The minimum absolute atomic E-state index is 0.0174. The molecule has 0 unspecified atom stereocenters. The zero-order valence-electron chi connectivity index (χ0n) is 14.0. The van der Waals surface area contributed by atoms with E-state index in [1.807, 2.05) is 32.0 Å². The third-order valence-electron chi connectivity index (χ3n) is 4.02. The first-order valence-corrected chi connectivity index (χ1v) is 10.6. The molecule has 2 aromatic rings. The maximum atomic E-state index is 12.1. The van der Waals surface area contributed by atoms with Gasteiger partial charge in [0.25, 0.3) is 0 Å². The summed E-state index contributed by atoms with van der Waals surface area (Å²) in [6, 6.07) is 5.62. The molecule has 0 radical (unpaired) electrons. The van der Waals surface area contributed by atoms with Gasteiger partial charge in [0.2, 0.25) is 11.1 Å². The number of carbonyl (C=O) groups is 1. The predicted molar refractivity (Wildman–Crippen MR) is 94.6 cm³/mol. The van der Waals surface area contributed by atoms with Crippen LogP contribution in [0.1, 0.15) is 17.5 Å². The number of hydrogen-bond acceptors (Lipinski definition) is 7. The van der Waals surface area contributed by atoms with Crippen LogP contribution in [0.4, 0.5) is 0 Å². The molecule has 1 aliphatic rings. The Bertz CT molecular complexity index is 874. The van der Waals surface area contributed by atoms with Crippen LogP contribution >= 0.6 is 11.8 Å². The Balaban J connectivity index is 1.65. The SMILES string of the molecule is Cc1cccc(C)c1-n1nnnc1SCC(=O)N[C@@H]1CCS(=O)(=O)C1.